The first-order valence-corrected chi connectivity index (χ1v) is 11.6. The standard InChI is InChI=1S/C26H25NO5S/c1-3-14-32-18-12-10-17(11-13-18)24(28)22-23(20-8-4-5-9-21(20)31-2)27(26(30)25(22)29)16-19-7-6-15-33-19/h4-13,15,23,28H,3,14,16H2,1-2H3/b24-22-. The van der Waals surface area contributed by atoms with Gasteiger partial charge in [0.25, 0.3) is 11.7 Å². The third-order valence-corrected chi connectivity index (χ3v) is 6.34. The topological polar surface area (TPSA) is 76.1 Å². The lowest BCUT2D eigenvalue weighted by molar-refractivity contribution is -0.140. The van der Waals surface area contributed by atoms with Gasteiger partial charge in [-0.05, 0) is 48.2 Å². The lowest BCUT2D eigenvalue weighted by atomic mass is 9.94. The van der Waals surface area contributed by atoms with E-state index < -0.39 is 17.7 Å². The molecule has 6 nitrogen and oxygen atoms in total. The number of nitrogens with zero attached hydrogens (tertiary/aromatic N) is 1. The van der Waals surface area contributed by atoms with Crippen LogP contribution in [0.4, 0.5) is 0 Å². The van der Waals surface area contributed by atoms with Crippen LogP contribution >= 0.6 is 11.3 Å². The number of ketones is 1. The summed E-state index contributed by atoms with van der Waals surface area (Å²) in [7, 11) is 1.54. The monoisotopic (exact) mass is 463 g/mol. The summed E-state index contributed by atoms with van der Waals surface area (Å²) in [6.07, 6.45) is 0.883. The Bertz CT molecular complexity index is 1170. The second-order valence-corrected chi connectivity index (χ2v) is 8.65. The minimum absolute atomic E-state index is 0.0447. The Kier molecular flexibility index (Phi) is 6.79. The number of hydrogen-bond donors (Lipinski definition) is 1. The van der Waals surface area contributed by atoms with Crippen LogP contribution < -0.4 is 9.47 Å². The number of carbonyl (C=O) groups excluding carboxylic acids is 2. The lowest BCUT2D eigenvalue weighted by Crippen LogP contribution is -2.29. The summed E-state index contributed by atoms with van der Waals surface area (Å²) in [5.41, 5.74) is 1.12. The average molecular weight is 464 g/mol. The smallest absolute Gasteiger partial charge is 0.295 e. The van der Waals surface area contributed by atoms with Crippen molar-refractivity contribution in [2.45, 2.75) is 25.9 Å². The molecule has 170 valence electrons. The molecule has 1 aliphatic heterocycles. The SMILES string of the molecule is CCCOc1ccc(/C(O)=C2/C(=O)C(=O)N(Cc3cccs3)C2c2ccccc2OC)cc1. The van der Waals surface area contributed by atoms with Crippen molar-refractivity contribution in [3.8, 4) is 11.5 Å². The van der Waals surface area contributed by atoms with Crippen molar-refractivity contribution in [1.82, 2.24) is 4.90 Å². The Morgan fingerprint density at radius 3 is 2.48 bits per heavy atom. The molecule has 1 fully saturated rings. The molecular formula is C26H25NO5S. The Balaban J connectivity index is 1.81. The number of likely N-dealkylation sites (tertiary alicyclic amines) is 1. The summed E-state index contributed by atoms with van der Waals surface area (Å²) >= 11 is 1.51. The van der Waals surface area contributed by atoms with E-state index in [0.29, 0.717) is 29.2 Å². The zero-order valence-electron chi connectivity index (χ0n) is 18.5. The van der Waals surface area contributed by atoms with E-state index in [2.05, 4.69) is 0 Å². The van der Waals surface area contributed by atoms with Gasteiger partial charge in [0.15, 0.2) is 0 Å². The highest BCUT2D eigenvalue weighted by molar-refractivity contribution is 7.09. The van der Waals surface area contributed by atoms with E-state index in [1.54, 1.807) is 37.4 Å². The fourth-order valence-electron chi connectivity index (χ4n) is 3.91. The Morgan fingerprint density at radius 1 is 1.06 bits per heavy atom. The van der Waals surface area contributed by atoms with Gasteiger partial charge in [-0.3, -0.25) is 9.59 Å². The summed E-state index contributed by atoms with van der Waals surface area (Å²) in [6, 6.07) is 17.1. The molecule has 3 aromatic rings. The summed E-state index contributed by atoms with van der Waals surface area (Å²) in [5, 5.41) is 13.1. The molecule has 7 heteroatoms. The third-order valence-electron chi connectivity index (χ3n) is 5.48. The number of aliphatic hydroxyl groups is 1. The van der Waals surface area contributed by atoms with E-state index >= 15 is 0 Å². The molecule has 0 saturated carbocycles. The fraction of sp³-hybridized carbons (Fsp3) is 0.231. The number of para-hydroxylation sites is 1. The van der Waals surface area contributed by atoms with Gasteiger partial charge in [0.05, 0.1) is 31.9 Å². The Hall–Kier alpha value is -3.58. The minimum atomic E-state index is -0.778. The van der Waals surface area contributed by atoms with Crippen LogP contribution in [-0.4, -0.2) is 35.4 Å². The Labute approximate surface area is 196 Å². The second-order valence-electron chi connectivity index (χ2n) is 7.62. The first-order valence-electron chi connectivity index (χ1n) is 10.7. The molecule has 0 radical (unpaired) electrons. The minimum Gasteiger partial charge on any atom is -0.507 e. The molecule has 1 saturated heterocycles. The van der Waals surface area contributed by atoms with Gasteiger partial charge in [-0.25, -0.2) is 0 Å². The second kappa shape index (κ2) is 9.92. The van der Waals surface area contributed by atoms with Gasteiger partial charge >= 0.3 is 0 Å². The first kappa shape index (κ1) is 22.6. The number of ether oxygens (including phenoxy) is 2. The largest absolute Gasteiger partial charge is 0.507 e. The van der Waals surface area contributed by atoms with Gasteiger partial charge < -0.3 is 19.5 Å². The van der Waals surface area contributed by atoms with E-state index in [1.165, 1.54) is 16.2 Å². The summed E-state index contributed by atoms with van der Waals surface area (Å²) in [5.74, 6) is -0.377. The molecule has 2 heterocycles. The Morgan fingerprint density at radius 2 is 1.82 bits per heavy atom. The molecule has 1 amide bonds. The van der Waals surface area contributed by atoms with Gasteiger partial charge in [-0.1, -0.05) is 31.2 Å². The van der Waals surface area contributed by atoms with Gasteiger partial charge in [0.1, 0.15) is 17.3 Å². The zero-order chi connectivity index (χ0) is 23.4. The van der Waals surface area contributed by atoms with Gasteiger partial charge in [-0.2, -0.15) is 0 Å². The molecule has 33 heavy (non-hydrogen) atoms. The lowest BCUT2D eigenvalue weighted by Gasteiger charge is -2.26. The van der Waals surface area contributed by atoms with Crippen molar-refractivity contribution in [1.29, 1.82) is 0 Å². The van der Waals surface area contributed by atoms with E-state index in [9.17, 15) is 14.7 Å². The van der Waals surface area contributed by atoms with E-state index in [0.717, 1.165) is 11.3 Å². The molecule has 1 N–H and O–H groups in total. The fourth-order valence-corrected chi connectivity index (χ4v) is 4.62. The third kappa shape index (κ3) is 4.50. The number of methoxy groups -OCH3 is 1. The number of rotatable bonds is 8. The highest BCUT2D eigenvalue weighted by Gasteiger charge is 2.47. The van der Waals surface area contributed by atoms with E-state index in [-0.39, 0.29) is 17.9 Å². The summed E-state index contributed by atoms with van der Waals surface area (Å²) in [4.78, 5) is 28.7. The van der Waals surface area contributed by atoms with Crippen LogP contribution in [0.2, 0.25) is 0 Å². The number of benzene rings is 2. The van der Waals surface area contributed by atoms with E-state index in [1.807, 2.05) is 42.6 Å². The maximum absolute atomic E-state index is 13.2. The van der Waals surface area contributed by atoms with Crippen molar-refractivity contribution in [2.24, 2.45) is 0 Å². The van der Waals surface area contributed by atoms with Crippen molar-refractivity contribution >= 4 is 28.8 Å². The van der Waals surface area contributed by atoms with Crippen molar-refractivity contribution < 1.29 is 24.2 Å². The summed E-state index contributed by atoms with van der Waals surface area (Å²) in [6.45, 7) is 2.87. The normalized spacial score (nSPS) is 17.4. The van der Waals surface area contributed by atoms with Gasteiger partial charge in [-0.15, -0.1) is 11.3 Å². The number of aliphatic hydroxyl groups excluding tert-OH is 1. The predicted octanol–water partition coefficient (Wildman–Crippen LogP) is 5.17. The quantitative estimate of drug-likeness (QED) is 0.283. The van der Waals surface area contributed by atoms with Gasteiger partial charge in [0, 0.05) is 16.0 Å². The van der Waals surface area contributed by atoms with Crippen LogP contribution in [0.15, 0.2) is 71.6 Å². The van der Waals surface area contributed by atoms with Crippen LogP contribution in [-0.2, 0) is 16.1 Å². The maximum Gasteiger partial charge on any atom is 0.295 e. The van der Waals surface area contributed by atoms with Crippen molar-refractivity contribution in [3.63, 3.8) is 0 Å². The molecule has 2 aromatic carbocycles. The predicted molar refractivity (Wildman–Crippen MR) is 127 cm³/mol. The number of carbonyl (C=O) groups is 2. The number of hydrogen-bond acceptors (Lipinski definition) is 6. The first-order chi connectivity index (χ1) is 16.0. The number of thiophene rings is 1. The van der Waals surface area contributed by atoms with Crippen LogP contribution in [0.1, 0.15) is 35.4 Å². The van der Waals surface area contributed by atoms with Crippen LogP contribution in [0.25, 0.3) is 5.76 Å². The van der Waals surface area contributed by atoms with Crippen LogP contribution in [0, 0.1) is 0 Å². The number of amides is 1. The molecule has 0 spiro atoms. The highest BCUT2D eigenvalue weighted by atomic mass is 32.1. The molecular weight excluding hydrogens is 438 g/mol. The molecule has 1 atom stereocenters. The van der Waals surface area contributed by atoms with Crippen LogP contribution in [0.5, 0.6) is 11.5 Å². The van der Waals surface area contributed by atoms with E-state index in [4.69, 9.17) is 9.47 Å². The molecule has 0 aliphatic carbocycles. The molecule has 0 bridgehead atoms. The maximum atomic E-state index is 13.2. The molecule has 4 rings (SSSR count). The van der Waals surface area contributed by atoms with Crippen LogP contribution in [0.3, 0.4) is 0 Å². The summed E-state index contributed by atoms with van der Waals surface area (Å²) < 4.78 is 11.1. The zero-order valence-corrected chi connectivity index (χ0v) is 19.3. The molecule has 1 aromatic heterocycles. The number of Topliss-reactive ketones (excluding diaryl/α,β-unsaturated/α-hetero) is 1. The van der Waals surface area contributed by atoms with Crippen molar-refractivity contribution in [3.05, 3.63) is 87.6 Å². The highest BCUT2D eigenvalue weighted by Crippen LogP contribution is 2.43. The average Bonchev–Trinajstić information content (AvgIpc) is 3.45. The van der Waals surface area contributed by atoms with Crippen molar-refractivity contribution in [2.75, 3.05) is 13.7 Å². The van der Waals surface area contributed by atoms with Gasteiger partial charge in [0.2, 0.25) is 0 Å². The molecule has 1 aliphatic rings. The molecule has 1 unspecified atom stereocenters.